The van der Waals surface area contributed by atoms with Crippen LogP contribution in [0.5, 0.6) is 5.75 Å². The molecule has 6 rings (SSSR count). The summed E-state index contributed by atoms with van der Waals surface area (Å²) in [6, 6.07) is 2.44. The minimum absolute atomic E-state index is 0.0979. The number of halogens is 3. The summed E-state index contributed by atoms with van der Waals surface area (Å²) in [5.41, 5.74) is -0.295. The zero-order valence-electron chi connectivity index (χ0n) is 16.6. The highest BCUT2D eigenvalue weighted by atomic mass is 32.2. The van der Waals surface area contributed by atoms with Gasteiger partial charge in [0.05, 0.1) is 18.4 Å². The normalized spacial score (nSPS) is 33.7. The Hall–Kier alpha value is -1.77. The second kappa shape index (κ2) is 6.37. The molecule has 0 saturated heterocycles. The van der Waals surface area contributed by atoms with E-state index in [1.807, 2.05) is 0 Å². The van der Waals surface area contributed by atoms with Crippen LogP contribution in [0, 0.1) is 29.0 Å². The Balaban J connectivity index is 1.40. The van der Waals surface area contributed by atoms with E-state index in [0.717, 1.165) is 31.6 Å². The fraction of sp³-hybridized carbons (Fsp3) is 0.667. The molecule has 0 aromatic heterocycles. The summed E-state index contributed by atoms with van der Waals surface area (Å²) in [5, 5.41) is 0. The van der Waals surface area contributed by atoms with E-state index in [2.05, 4.69) is 0 Å². The first-order valence-corrected chi connectivity index (χ1v) is 12.2. The van der Waals surface area contributed by atoms with Gasteiger partial charge in [-0.2, -0.15) is 0 Å². The van der Waals surface area contributed by atoms with Crippen LogP contribution in [-0.2, 0) is 10.0 Å². The largest absolute Gasteiger partial charge is 0.493 e. The van der Waals surface area contributed by atoms with Crippen molar-refractivity contribution in [3.63, 3.8) is 0 Å². The lowest BCUT2D eigenvalue weighted by Gasteiger charge is -2.32. The summed E-state index contributed by atoms with van der Waals surface area (Å²) in [4.78, 5) is 12.2. The molecular formula is C21H24F3NO4S. The first-order valence-electron chi connectivity index (χ1n) is 10.3. The summed E-state index contributed by atoms with van der Waals surface area (Å²) < 4.78 is 74.3. The molecule has 1 amide bonds. The van der Waals surface area contributed by atoms with Gasteiger partial charge in [-0.3, -0.25) is 4.79 Å². The number of amides is 1. The third kappa shape index (κ3) is 3.20. The monoisotopic (exact) mass is 443 g/mol. The van der Waals surface area contributed by atoms with Gasteiger partial charge in [0.15, 0.2) is 0 Å². The molecule has 30 heavy (non-hydrogen) atoms. The van der Waals surface area contributed by atoms with Crippen molar-refractivity contribution >= 4 is 15.9 Å². The number of alkyl halides is 2. The van der Waals surface area contributed by atoms with E-state index in [1.54, 1.807) is 4.72 Å². The molecule has 0 heterocycles. The highest BCUT2D eigenvalue weighted by Gasteiger charge is 2.71. The minimum atomic E-state index is -3.83. The van der Waals surface area contributed by atoms with Crippen LogP contribution in [0.4, 0.5) is 13.2 Å². The van der Waals surface area contributed by atoms with Gasteiger partial charge in [0, 0.05) is 23.3 Å². The number of ether oxygens (including phenoxy) is 1. The number of rotatable bonds is 6. The van der Waals surface area contributed by atoms with E-state index in [9.17, 15) is 26.4 Å². The standard InChI is InChI=1S/C21H24F3NO4S/c1-30(27,28)25-19(26)15-6-14(12-2-3-12)17(7-16(15)22)29-10-20-8-11-4-13(9-20)21(23,24)18(20)5-11/h6-7,11-13,18H,2-5,8-10H2,1H3,(H,25,26). The highest BCUT2D eigenvalue weighted by Crippen LogP contribution is 2.70. The maximum absolute atomic E-state index is 14.7. The first kappa shape index (κ1) is 20.2. The molecule has 0 aliphatic heterocycles. The zero-order valence-corrected chi connectivity index (χ0v) is 17.4. The molecular weight excluding hydrogens is 419 g/mol. The fourth-order valence-corrected chi connectivity index (χ4v) is 6.60. The van der Waals surface area contributed by atoms with Gasteiger partial charge < -0.3 is 4.74 Å². The number of hydrogen-bond donors (Lipinski definition) is 1. The van der Waals surface area contributed by atoms with Crippen LogP contribution in [0.1, 0.15) is 60.4 Å². The molecule has 0 radical (unpaired) electrons. The lowest BCUT2D eigenvalue weighted by molar-refractivity contribution is -0.105. The van der Waals surface area contributed by atoms with Crippen LogP contribution in [0.15, 0.2) is 12.1 Å². The van der Waals surface area contributed by atoms with E-state index >= 15 is 0 Å². The van der Waals surface area contributed by atoms with Gasteiger partial charge in [-0.05, 0) is 62.0 Å². The molecule has 1 N–H and O–H groups in total. The summed E-state index contributed by atoms with van der Waals surface area (Å²) >= 11 is 0. The Morgan fingerprint density at radius 1 is 1.23 bits per heavy atom. The molecule has 164 valence electrons. The van der Waals surface area contributed by atoms with Crippen molar-refractivity contribution in [1.82, 2.24) is 4.72 Å². The Bertz CT molecular complexity index is 1020. The maximum atomic E-state index is 14.7. The predicted octanol–water partition coefficient (Wildman–Crippen LogP) is 3.84. The van der Waals surface area contributed by atoms with Crippen molar-refractivity contribution < 1.29 is 31.1 Å². The van der Waals surface area contributed by atoms with E-state index in [0.29, 0.717) is 30.7 Å². The zero-order chi connectivity index (χ0) is 21.5. The molecule has 4 unspecified atom stereocenters. The highest BCUT2D eigenvalue weighted by molar-refractivity contribution is 7.89. The van der Waals surface area contributed by atoms with Crippen molar-refractivity contribution in [3.05, 3.63) is 29.1 Å². The molecule has 5 fully saturated rings. The molecule has 5 aliphatic carbocycles. The SMILES string of the molecule is CS(=O)(=O)NC(=O)c1cc(C2CC2)c(OCC23CC4CC(C2)C(F)(F)C3C4)cc1F. The van der Waals surface area contributed by atoms with Crippen LogP contribution < -0.4 is 9.46 Å². The third-order valence-corrected chi connectivity index (χ3v) is 7.99. The molecule has 4 atom stereocenters. The topological polar surface area (TPSA) is 72.5 Å². The lowest BCUT2D eigenvalue weighted by atomic mass is 9.76. The Morgan fingerprint density at radius 2 is 1.97 bits per heavy atom. The average Bonchev–Trinajstić information content (AvgIpc) is 3.41. The van der Waals surface area contributed by atoms with Crippen molar-refractivity contribution in [2.45, 2.75) is 50.4 Å². The minimum Gasteiger partial charge on any atom is -0.493 e. The van der Waals surface area contributed by atoms with Gasteiger partial charge >= 0.3 is 0 Å². The van der Waals surface area contributed by atoms with Crippen LogP contribution in [0.2, 0.25) is 0 Å². The predicted molar refractivity (Wildman–Crippen MR) is 102 cm³/mol. The van der Waals surface area contributed by atoms with Crippen LogP contribution >= 0.6 is 0 Å². The van der Waals surface area contributed by atoms with Gasteiger partial charge in [0.2, 0.25) is 10.0 Å². The third-order valence-electron chi connectivity index (χ3n) is 7.44. The van der Waals surface area contributed by atoms with Crippen LogP contribution in [0.25, 0.3) is 0 Å². The van der Waals surface area contributed by atoms with Crippen LogP contribution in [0.3, 0.4) is 0 Å². The number of benzene rings is 1. The maximum Gasteiger partial charge on any atom is 0.267 e. The molecule has 1 aromatic rings. The second-order valence-corrected chi connectivity index (χ2v) is 11.4. The number of carbonyl (C=O) groups is 1. The van der Waals surface area contributed by atoms with Gasteiger partial charge in [-0.1, -0.05) is 0 Å². The van der Waals surface area contributed by atoms with Crippen LogP contribution in [-0.4, -0.2) is 33.1 Å². The molecule has 5 nitrogen and oxygen atoms in total. The van der Waals surface area contributed by atoms with E-state index in [-0.39, 0.29) is 23.8 Å². The quantitative estimate of drug-likeness (QED) is 0.725. The van der Waals surface area contributed by atoms with Gasteiger partial charge in [0.1, 0.15) is 11.6 Å². The Labute approximate surface area is 173 Å². The molecule has 5 saturated carbocycles. The van der Waals surface area contributed by atoms with Gasteiger partial charge in [-0.25, -0.2) is 26.3 Å². The fourth-order valence-electron chi connectivity index (χ4n) is 6.16. The smallest absolute Gasteiger partial charge is 0.267 e. The number of hydrogen-bond acceptors (Lipinski definition) is 4. The molecule has 4 bridgehead atoms. The Kier molecular flexibility index (Phi) is 4.28. The number of sulfonamides is 1. The van der Waals surface area contributed by atoms with Crippen molar-refractivity contribution in [1.29, 1.82) is 0 Å². The van der Waals surface area contributed by atoms with Gasteiger partial charge in [-0.15, -0.1) is 0 Å². The lowest BCUT2D eigenvalue weighted by Crippen LogP contribution is -2.36. The van der Waals surface area contributed by atoms with E-state index in [1.165, 1.54) is 6.07 Å². The second-order valence-electron chi connectivity index (χ2n) is 9.67. The molecule has 5 aliphatic rings. The van der Waals surface area contributed by atoms with Crippen molar-refractivity contribution in [2.75, 3.05) is 12.9 Å². The summed E-state index contributed by atoms with van der Waals surface area (Å²) in [5.74, 6) is -5.16. The first-order chi connectivity index (χ1) is 14.0. The van der Waals surface area contributed by atoms with E-state index < -0.39 is 44.9 Å². The summed E-state index contributed by atoms with van der Waals surface area (Å²) in [6.07, 6.45) is 4.80. The molecule has 0 spiro atoms. The van der Waals surface area contributed by atoms with E-state index in [4.69, 9.17) is 4.74 Å². The average molecular weight is 443 g/mol. The van der Waals surface area contributed by atoms with Crippen molar-refractivity contribution in [2.24, 2.45) is 23.2 Å². The Morgan fingerprint density at radius 3 is 2.63 bits per heavy atom. The number of carbonyl (C=O) groups excluding carboxylic acids is 1. The molecule has 9 heteroatoms. The van der Waals surface area contributed by atoms with Crippen molar-refractivity contribution in [3.8, 4) is 5.75 Å². The van der Waals surface area contributed by atoms with Gasteiger partial charge in [0.25, 0.3) is 11.8 Å². The summed E-state index contributed by atoms with van der Waals surface area (Å²) in [6.45, 7) is 0.119. The number of nitrogens with one attached hydrogen (secondary N) is 1. The molecule has 1 aromatic carbocycles. The summed E-state index contributed by atoms with van der Waals surface area (Å²) in [7, 11) is -3.83.